The molecule has 0 radical (unpaired) electrons. The maximum atomic E-state index is 12.3. The van der Waals surface area contributed by atoms with Gasteiger partial charge >= 0.3 is 0 Å². The van der Waals surface area contributed by atoms with Gasteiger partial charge in [0.25, 0.3) is 5.91 Å². The molecule has 5 nitrogen and oxygen atoms in total. The standard InChI is InChI=1S/C16H17N3O2S/c20-15(10-13-3-9-22-12-13)18-5-7-19(8-6-18)16(21)14-2-1-4-17-11-14/h1-4,9,11-12H,5-8,10H2. The van der Waals surface area contributed by atoms with Crippen molar-refractivity contribution in [1.29, 1.82) is 0 Å². The summed E-state index contributed by atoms with van der Waals surface area (Å²) in [5.74, 6) is 0.116. The molecular formula is C16H17N3O2S. The summed E-state index contributed by atoms with van der Waals surface area (Å²) in [4.78, 5) is 32.1. The molecule has 2 aromatic heterocycles. The summed E-state index contributed by atoms with van der Waals surface area (Å²) in [6, 6.07) is 5.50. The molecule has 3 heterocycles. The van der Waals surface area contributed by atoms with Gasteiger partial charge in [-0.2, -0.15) is 11.3 Å². The smallest absolute Gasteiger partial charge is 0.255 e. The lowest BCUT2D eigenvalue weighted by molar-refractivity contribution is -0.131. The van der Waals surface area contributed by atoms with E-state index in [1.165, 1.54) is 0 Å². The Morgan fingerprint density at radius 2 is 1.91 bits per heavy atom. The zero-order valence-electron chi connectivity index (χ0n) is 12.1. The van der Waals surface area contributed by atoms with E-state index in [2.05, 4.69) is 4.98 Å². The van der Waals surface area contributed by atoms with Crippen molar-refractivity contribution in [3.05, 3.63) is 52.5 Å². The Labute approximate surface area is 133 Å². The highest BCUT2D eigenvalue weighted by Crippen LogP contribution is 2.11. The monoisotopic (exact) mass is 315 g/mol. The number of aromatic nitrogens is 1. The van der Waals surface area contributed by atoms with Gasteiger partial charge in [0.2, 0.25) is 5.91 Å². The van der Waals surface area contributed by atoms with Crippen LogP contribution >= 0.6 is 11.3 Å². The van der Waals surface area contributed by atoms with Crippen molar-refractivity contribution in [3.8, 4) is 0 Å². The second-order valence-corrected chi connectivity index (χ2v) is 6.00. The van der Waals surface area contributed by atoms with E-state index < -0.39 is 0 Å². The Hall–Kier alpha value is -2.21. The second kappa shape index (κ2) is 6.70. The van der Waals surface area contributed by atoms with Crippen LogP contribution in [0.5, 0.6) is 0 Å². The van der Waals surface area contributed by atoms with E-state index in [4.69, 9.17) is 0 Å². The van der Waals surface area contributed by atoms with Crippen LogP contribution in [-0.2, 0) is 11.2 Å². The Balaban J connectivity index is 1.54. The van der Waals surface area contributed by atoms with Crippen LogP contribution in [0.1, 0.15) is 15.9 Å². The highest BCUT2D eigenvalue weighted by atomic mass is 32.1. The van der Waals surface area contributed by atoms with Crippen LogP contribution in [0.2, 0.25) is 0 Å². The molecule has 114 valence electrons. The molecule has 0 saturated carbocycles. The van der Waals surface area contributed by atoms with Crippen molar-refractivity contribution in [3.63, 3.8) is 0 Å². The second-order valence-electron chi connectivity index (χ2n) is 5.22. The number of amides is 2. The number of hydrogen-bond acceptors (Lipinski definition) is 4. The minimum atomic E-state index is -0.0157. The van der Waals surface area contributed by atoms with Gasteiger partial charge in [-0.15, -0.1) is 0 Å². The van der Waals surface area contributed by atoms with Gasteiger partial charge in [0.05, 0.1) is 12.0 Å². The van der Waals surface area contributed by atoms with Crippen LogP contribution in [0.4, 0.5) is 0 Å². The molecule has 6 heteroatoms. The number of piperazine rings is 1. The molecule has 0 bridgehead atoms. The normalized spacial score (nSPS) is 14.9. The third-order valence-corrected chi connectivity index (χ3v) is 4.50. The number of carbonyl (C=O) groups is 2. The molecule has 2 amide bonds. The summed E-state index contributed by atoms with van der Waals surface area (Å²) in [6.07, 6.45) is 3.67. The summed E-state index contributed by atoms with van der Waals surface area (Å²) < 4.78 is 0. The Bertz CT molecular complexity index is 635. The van der Waals surface area contributed by atoms with Crippen molar-refractivity contribution in [1.82, 2.24) is 14.8 Å². The van der Waals surface area contributed by atoms with E-state index in [0.29, 0.717) is 38.2 Å². The number of carbonyl (C=O) groups excluding carboxylic acids is 2. The summed E-state index contributed by atoms with van der Waals surface area (Å²) in [6.45, 7) is 2.33. The molecule has 1 aliphatic rings. The Morgan fingerprint density at radius 3 is 2.55 bits per heavy atom. The predicted octanol–water partition coefficient (Wildman–Crippen LogP) is 1.67. The molecule has 1 aliphatic heterocycles. The van der Waals surface area contributed by atoms with Crippen molar-refractivity contribution < 1.29 is 9.59 Å². The van der Waals surface area contributed by atoms with Crippen molar-refractivity contribution in [2.75, 3.05) is 26.2 Å². The van der Waals surface area contributed by atoms with Gasteiger partial charge in [-0.1, -0.05) is 0 Å². The minimum absolute atomic E-state index is 0.0157. The zero-order valence-corrected chi connectivity index (χ0v) is 13.0. The van der Waals surface area contributed by atoms with Crippen LogP contribution < -0.4 is 0 Å². The van der Waals surface area contributed by atoms with Crippen LogP contribution in [0.25, 0.3) is 0 Å². The van der Waals surface area contributed by atoms with Gasteiger partial charge in [-0.05, 0) is 34.5 Å². The number of nitrogens with zero attached hydrogens (tertiary/aromatic N) is 3. The molecule has 0 aliphatic carbocycles. The maximum absolute atomic E-state index is 12.3. The molecule has 22 heavy (non-hydrogen) atoms. The van der Waals surface area contributed by atoms with E-state index in [1.54, 1.807) is 40.8 Å². The Morgan fingerprint density at radius 1 is 1.14 bits per heavy atom. The van der Waals surface area contributed by atoms with Crippen molar-refractivity contribution >= 4 is 23.2 Å². The van der Waals surface area contributed by atoms with E-state index in [-0.39, 0.29) is 11.8 Å². The zero-order chi connectivity index (χ0) is 15.4. The van der Waals surface area contributed by atoms with Crippen LogP contribution in [0.15, 0.2) is 41.4 Å². The van der Waals surface area contributed by atoms with Gasteiger partial charge in [-0.25, -0.2) is 0 Å². The average molecular weight is 315 g/mol. The van der Waals surface area contributed by atoms with Crippen LogP contribution in [-0.4, -0.2) is 52.8 Å². The summed E-state index contributed by atoms with van der Waals surface area (Å²) in [5, 5.41) is 3.98. The van der Waals surface area contributed by atoms with Gasteiger partial charge in [0.15, 0.2) is 0 Å². The summed E-state index contributed by atoms with van der Waals surface area (Å²) in [5.41, 5.74) is 1.66. The summed E-state index contributed by atoms with van der Waals surface area (Å²) in [7, 11) is 0. The number of hydrogen-bond donors (Lipinski definition) is 0. The third kappa shape index (κ3) is 3.33. The van der Waals surface area contributed by atoms with Crippen molar-refractivity contribution in [2.45, 2.75) is 6.42 Å². The van der Waals surface area contributed by atoms with E-state index in [1.807, 2.05) is 21.7 Å². The number of pyridine rings is 1. The first-order valence-electron chi connectivity index (χ1n) is 7.22. The predicted molar refractivity (Wildman–Crippen MR) is 84.7 cm³/mol. The van der Waals surface area contributed by atoms with Gasteiger partial charge < -0.3 is 9.80 Å². The van der Waals surface area contributed by atoms with E-state index >= 15 is 0 Å². The maximum Gasteiger partial charge on any atom is 0.255 e. The van der Waals surface area contributed by atoms with Crippen molar-refractivity contribution in [2.24, 2.45) is 0 Å². The first-order chi connectivity index (χ1) is 10.7. The molecule has 3 rings (SSSR count). The highest BCUT2D eigenvalue weighted by Gasteiger charge is 2.24. The largest absolute Gasteiger partial charge is 0.339 e. The quantitative estimate of drug-likeness (QED) is 0.866. The number of rotatable bonds is 3. The first-order valence-corrected chi connectivity index (χ1v) is 8.16. The lowest BCUT2D eigenvalue weighted by Crippen LogP contribution is -2.51. The molecule has 0 spiro atoms. The fourth-order valence-corrected chi connectivity index (χ4v) is 3.18. The fourth-order valence-electron chi connectivity index (χ4n) is 2.51. The fraction of sp³-hybridized carbons (Fsp3) is 0.312. The molecule has 0 N–H and O–H groups in total. The van der Waals surface area contributed by atoms with Gasteiger partial charge in [-0.3, -0.25) is 14.6 Å². The number of thiophene rings is 1. The topological polar surface area (TPSA) is 53.5 Å². The molecule has 1 saturated heterocycles. The lowest BCUT2D eigenvalue weighted by Gasteiger charge is -2.34. The molecule has 0 aromatic carbocycles. The highest BCUT2D eigenvalue weighted by molar-refractivity contribution is 7.08. The molecule has 0 atom stereocenters. The SMILES string of the molecule is O=C(Cc1ccsc1)N1CCN(C(=O)c2cccnc2)CC1. The first kappa shape index (κ1) is 14.7. The van der Waals surface area contributed by atoms with Crippen LogP contribution in [0.3, 0.4) is 0 Å². The lowest BCUT2D eigenvalue weighted by atomic mass is 10.2. The van der Waals surface area contributed by atoms with E-state index in [0.717, 1.165) is 5.56 Å². The Kier molecular flexibility index (Phi) is 4.48. The summed E-state index contributed by atoms with van der Waals surface area (Å²) >= 11 is 1.60. The van der Waals surface area contributed by atoms with Gasteiger partial charge in [0.1, 0.15) is 0 Å². The molecule has 1 fully saturated rings. The average Bonchev–Trinajstić information content (AvgIpc) is 3.08. The van der Waals surface area contributed by atoms with E-state index in [9.17, 15) is 9.59 Å². The minimum Gasteiger partial charge on any atom is -0.339 e. The molecule has 0 unspecified atom stereocenters. The molecular weight excluding hydrogens is 298 g/mol. The third-order valence-electron chi connectivity index (χ3n) is 3.76. The van der Waals surface area contributed by atoms with Gasteiger partial charge in [0, 0.05) is 38.6 Å². The molecule has 2 aromatic rings. The van der Waals surface area contributed by atoms with Crippen LogP contribution in [0, 0.1) is 0 Å².